The second-order valence-electron chi connectivity index (χ2n) is 1.86. The molecule has 1 aliphatic rings. The van der Waals surface area contributed by atoms with Crippen LogP contribution >= 0.6 is 37.2 Å². The predicted molar refractivity (Wildman–Crippen MR) is 63.6 cm³/mol. The first kappa shape index (κ1) is 29.2. The van der Waals surface area contributed by atoms with E-state index in [1.165, 1.54) is 6.42 Å². The van der Waals surface area contributed by atoms with Gasteiger partial charge < -0.3 is 6.92 Å². The van der Waals surface area contributed by atoms with E-state index in [0.29, 0.717) is 0 Å². The molecule has 0 aromatic rings. The molecule has 0 nitrogen and oxygen atoms in total. The van der Waals surface area contributed by atoms with Crippen LogP contribution in [-0.2, 0) is 21.7 Å². The maximum absolute atomic E-state index is 3.60. The molecule has 0 N–H and O–H groups in total. The van der Waals surface area contributed by atoms with Crippen molar-refractivity contribution in [1.29, 1.82) is 0 Å². The van der Waals surface area contributed by atoms with Crippen molar-refractivity contribution in [2.45, 2.75) is 26.2 Å². The van der Waals surface area contributed by atoms with Crippen LogP contribution in [0.15, 0.2) is 18.2 Å². The van der Waals surface area contributed by atoms with Gasteiger partial charge in [0.25, 0.3) is 0 Å². The number of rotatable bonds is 1. The number of unbranched alkanes of at least 4 members (excludes halogenated alkanes) is 1. The fourth-order valence-electron chi connectivity index (χ4n) is 0.340. The Bertz CT molecular complexity index is 91.0. The van der Waals surface area contributed by atoms with Gasteiger partial charge in [0, 0.05) is 0 Å². The molecule has 4 heteroatoms. The Morgan fingerprint density at radius 3 is 1.85 bits per heavy atom. The van der Waals surface area contributed by atoms with Crippen LogP contribution in [0.25, 0.3) is 0 Å². The maximum Gasteiger partial charge on any atom is 2.00 e. The van der Waals surface area contributed by atoms with Crippen molar-refractivity contribution in [1.82, 2.24) is 0 Å². The van der Waals surface area contributed by atoms with Crippen LogP contribution in [0.3, 0.4) is 0 Å². The van der Waals surface area contributed by atoms with Crippen LogP contribution in [0.5, 0.6) is 0 Å². The summed E-state index contributed by atoms with van der Waals surface area (Å²) in [7, 11) is 0. The summed E-state index contributed by atoms with van der Waals surface area (Å²) in [5.74, 6) is 0. The molecule has 0 saturated heterocycles. The molecule has 0 radical (unpaired) electrons. The molecule has 13 heavy (non-hydrogen) atoms. The van der Waals surface area contributed by atoms with E-state index in [0.717, 1.165) is 12.8 Å². The SMILES string of the molecule is Cl.Cl.Cl.[C-]1=CC=CC1.[CH2-]CCC.[Ti+2]. The Kier molecular flexibility index (Phi) is 65.7. The van der Waals surface area contributed by atoms with Crippen LogP contribution in [0, 0.1) is 13.0 Å². The number of halogens is 3. The second kappa shape index (κ2) is 29.2. The molecule has 0 unspecified atom stereocenters. The van der Waals surface area contributed by atoms with Crippen molar-refractivity contribution < 1.29 is 21.7 Å². The van der Waals surface area contributed by atoms with Crippen LogP contribution in [0.1, 0.15) is 26.2 Å². The molecule has 0 aliphatic heterocycles. The Hall–Kier alpha value is 1.06. The van der Waals surface area contributed by atoms with Crippen LogP contribution in [-0.4, -0.2) is 0 Å². The Balaban J connectivity index is -0.0000000256. The summed E-state index contributed by atoms with van der Waals surface area (Å²) in [4.78, 5) is 0. The Morgan fingerprint density at radius 2 is 1.77 bits per heavy atom. The van der Waals surface area contributed by atoms with Gasteiger partial charge in [0.1, 0.15) is 0 Å². The van der Waals surface area contributed by atoms with E-state index in [4.69, 9.17) is 0 Å². The molecule has 0 saturated carbocycles. The zero-order valence-electron chi connectivity index (χ0n) is 7.79. The normalized spacial score (nSPS) is 9.08. The van der Waals surface area contributed by atoms with E-state index in [2.05, 4.69) is 26.0 Å². The summed E-state index contributed by atoms with van der Waals surface area (Å²) in [6, 6.07) is 0. The summed E-state index contributed by atoms with van der Waals surface area (Å²) in [5, 5.41) is 0. The molecule has 0 spiro atoms. The van der Waals surface area contributed by atoms with Gasteiger partial charge >= 0.3 is 21.7 Å². The minimum Gasteiger partial charge on any atom is -0.343 e. The predicted octanol–water partition coefficient (Wildman–Crippen LogP) is 4.19. The molecule has 1 rings (SSSR count). The van der Waals surface area contributed by atoms with Gasteiger partial charge in [-0.25, -0.2) is 12.2 Å². The fourth-order valence-corrected chi connectivity index (χ4v) is 0.340. The van der Waals surface area contributed by atoms with Gasteiger partial charge in [-0.2, -0.15) is 12.5 Å². The topological polar surface area (TPSA) is 0 Å². The minimum atomic E-state index is 0. The van der Waals surface area contributed by atoms with Crippen LogP contribution in [0.4, 0.5) is 0 Å². The molecule has 0 aromatic carbocycles. The first-order valence-corrected chi connectivity index (χ1v) is 3.42. The molecule has 1 aliphatic carbocycles. The van der Waals surface area contributed by atoms with Crippen molar-refractivity contribution in [3.05, 3.63) is 31.2 Å². The molecule has 0 fully saturated rings. The van der Waals surface area contributed by atoms with Gasteiger partial charge in [-0.05, 0) is 0 Å². The monoisotopic (exact) mass is 278 g/mol. The average Bonchev–Trinajstić information content (AvgIpc) is 2.43. The van der Waals surface area contributed by atoms with Gasteiger partial charge in [0.15, 0.2) is 0 Å². The van der Waals surface area contributed by atoms with Gasteiger partial charge in [0.2, 0.25) is 0 Å². The zero-order chi connectivity index (χ0) is 6.95. The van der Waals surface area contributed by atoms with Crippen molar-refractivity contribution in [3.8, 4) is 0 Å². The van der Waals surface area contributed by atoms with Crippen molar-refractivity contribution in [2.24, 2.45) is 0 Å². The first-order chi connectivity index (χ1) is 4.41. The molecule has 0 aromatic heterocycles. The third-order valence-corrected chi connectivity index (χ3v) is 0.939. The van der Waals surface area contributed by atoms with Crippen molar-refractivity contribution >= 4 is 37.2 Å². The Morgan fingerprint density at radius 1 is 1.31 bits per heavy atom. The standard InChI is InChI=1S/C5H5.C4H9.3ClH.Ti/c1-2-4-5-3-1;1-3-4-2;;;;/h1-3H,4H2;1,3-4H2,2H3;3*1H;/q2*-1;;;;+2. The molecule has 0 heterocycles. The van der Waals surface area contributed by atoms with Gasteiger partial charge in [0.05, 0.1) is 0 Å². The van der Waals surface area contributed by atoms with E-state index in [-0.39, 0.29) is 58.9 Å². The zero-order valence-corrected chi connectivity index (χ0v) is 11.8. The van der Waals surface area contributed by atoms with E-state index in [1.807, 2.05) is 12.2 Å². The molecule has 0 bridgehead atoms. The van der Waals surface area contributed by atoms with Crippen molar-refractivity contribution in [2.75, 3.05) is 0 Å². The molecule has 0 amide bonds. The maximum atomic E-state index is 3.60. The minimum absolute atomic E-state index is 0. The molecule has 78 valence electrons. The number of allylic oxidation sites excluding steroid dienone is 4. The van der Waals surface area contributed by atoms with E-state index in [1.54, 1.807) is 0 Å². The van der Waals surface area contributed by atoms with Crippen molar-refractivity contribution in [3.63, 3.8) is 0 Å². The van der Waals surface area contributed by atoms with E-state index < -0.39 is 0 Å². The number of hydrogen-bond donors (Lipinski definition) is 0. The third kappa shape index (κ3) is 32.0. The fraction of sp³-hybridized carbons (Fsp3) is 0.444. The van der Waals surface area contributed by atoms with E-state index in [9.17, 15) is 0 Å². The smallest absolute Gasteiger partial charge is 0.343 e. The quantitative estimate of drug-likeness (QED) is 0.499. The van der Waals surface area contributed by atoms with Gasteiger partial charge in [-0.3, -0.25) is 6.08 Å². The largest absolute Gasteiger partial charge is 2.00 e. The van der Waals surface area contributed by atoms with Crippen LogP contribution in [0.2, 0.25) is 0 Å². The third-order valence-electron chi connectivity index (χ3n) is 0.939. The molecular formula is C9H17Cl3Ti. The molecular weight excluding hydrogens is 262 g/mol. The average molecular weight is 279 g/mol. The summed E-state index contributed by atoms with van der Waals surface area (Å²) in [5.41, 5.74) is 0. The van der Waals surface area contributed by atoms with Gasteiger partial charge in [-0.15, -0.1) is 43.6 Å². The summed E-state index contributed by atoms with van der Waals surface area (Å²) in [6.45, 7) is 5.72. The first-order valence-electron chi connectivity index (χ1n) is 3.42. The van der Waals surface area contributed by atoms with Crippen LogP contribution < -0.4 is 0 Å². The second-order valence-corrected chi connectivity index (χ2v) is 1.86. The van der Waals surface area contributed by atoms with E-state index >= 15 is 0 Å². The molecule has 0 atom stereocenters. The number of hydrogen-bond acceptors (Lipinski definition) is 0. The summed E-state index contributed by atoms with van der Waals surface area (Å²) >= 11 is 0. The Labute approximate surface area is 116 Å². The summed E-state index contributed by atoms with van der Waals surface area (Å²) < 4.78 is 0. The van der Waals surface area contributed by atoms with Gasteiger partial charge in [-0.1, -0.05) is 13.3 Å². The summed E-state index contributed by atoms with van der Waals surface area (Å²) in [6.07, 6.45) is 12.3.